The highest BCUT2D eigenvalue weighted by Gasteiger charge is 2.40. The second kappa shape index (κ2) is 13.3. The van der Waals surface area contributed by atoms with Crippen molar-refractivity contribution < 1.29 is 42.7 Å². The molecule has 0 N–H and O–H groups in total. The molecule has 0 radical (unpaired) electrons. The van der Waals surface area contributed by atoms with Gasteiger partial charge < -0.3 is 37.9 Å². The van der Waals surface area contributed by atoms with Crippen LogP contribution < -0.4 is 28.4 Å². The molecule has 0 unspecified atom stereocenters. The fourth-order valence-electron chi connectivity index (χ4n) is 4.72. The predicted molar refractivity (Wildman–Crippen MR) is 142 cm³/mol. The van der Waals surface area contributed by atoms with Gasteiger partial charge in [0.05, 0.1) is 62.0 Å². The molecule has 0 amide bonds. The van der Waals surface area contributed by atoms with Crippen LogP contribution in [0.15, 0.2) is 35.9 Å². The first-order valence-electron chi connectivity index (χ1n) is 12.4. The first-order valence-corrected chi connectivity index (χ1v) is 12.4. The predicted octanol–water partition coefficient (Wildman–Crippen LogP) is 4.79. The van der Waals surface area contributed by atoms with Crippen molar-refractivity contribution in [1.29, 1.82) is 0 Å². The SMILES string of the molecule is C/C=C(/C)C(=O)OC[C@H]1[C@@H](Cc2cc(OC)c(OC)c(OC)c2)CO[C@@H]1c1cc(OC)c(OC)c(OC)c1. The van der Waals surface area contributed by atoms with E-state index in [0.29, 0.717) is 53.1 Å². The molecule has 0 spiro atoms. The van der Waals surface area contributed by atoms with Crippen LogP contribution in [-0.4, -0.2) is 61.8 Å². The molecule has 2 aromatic rings. The van der Waals surface area contributed by atoms with Gasteiger partial charge in [-0.1, -0.05) is 6.08 Å². The summed E-state index contributed by atoms with van der Waals surface area (Å²) in [5.74, 6) is 2.77. The van der Waals surface area contributed by atoms with Gasteiger partial charge in [0.15, 0.2) is 23.0 Å². The molecule has 3 atom stereocenters. The lowest BCUT2D eigenvalue weighted by molar-refractivity contribution is -0.141. The van der Waals surface area contributed by atoms with Crippen LogP contribution in [0.5, 0.6) is 34.5 Å². The smallest absolute Gasteiger partial charge is 0.333 e. The van der Waals surface area contributed by atoms with Crippen molar-refractivity contribution in [3.63, 3.8) is 0 Å². The number of carbonyl (C=O) groups is 1. The van der Waals surface area contributed by atoms with E-state index in [4.69, 9.17) is 37.9 Å². The normalized spacial score (nSPS) is 19.1. The van der Waals surface area contributed by atoms with E-state index in [1.807, 2.05) is 24.3 Å². The third kappa shape index (κ3) is 6.10. The summed E-state index contributed by atoms with van der Waals surface area (Å²) >= 11 is 0. The molecule has 1 aliphatic heterocycles. The number of hydrogen-bond donors (Lipinski definition) is 0. The molecule has 9 heteroatoms. The second-order valence-corrected chi connectivity index (χ2v) is 8.94. The molecular weight excluding hydrogens is 492 g/mol. The Morgan fingerprint density at radius 1 is 0.842 bits per heavy atom. The topological polar surface area (TPSA) is 90.9 Å². The van der Waals surface area contributed by atoms with E-state index in [-0.39, 0.29) is 30.5 Å². The fraction of sp³-hybridized carbons (Fsp3) is 0.483. The van der Waals surface area contributed by atoms with Gasteiger partial charge in [0.25, 0.3) is 0 Å². The average Bonchev–Trinajstić information content (AvgIpc) is 3.35. The van der Waals surface area contributed by atoms with Gasteiger partial charge >= 0.3 is 5.97 Å². The van der Waals surface area contributed by atoms with E-state index in [1.165, 1.54) is 0 Å². The molecule has 1 heterocycles. The lowest BCUT2D eigenvalue weighted by atomic mass is 9.84. The molecule has 38 heavy (non-hydrogen) atoms. The zero-order chi connectivity index (χ0) is 27.8. The molecule has 9 nitrogen and oxygen atoms in total. The highest BCUT2D eigenvalue weighted by atomic mass is 16.5. The first kappa shape index (κ1) is 29.0. The van der Waals surface area contributed by atoms with Crippen LogP contribution >= 0.6 is 0 Å². The lowest BCUT2D eigenvalue weighted by Gasteiger charge is -2.25. The van der Waals surface area contributed by atoms with Crippen molar-refractivity contribution in [2.24, 2.45) is 11.8 Å². The molecule has 0 bridgehead atoms. The summed E-state index contributed by atoms with van der Waals surface area (Å²) in [6.07, 6.45) is 2.01. The van der Waals surface area contributed by atoms with Gasteiger partial charge in [0.1, 0.15) is 0 Å². The Kier molecular flexibility index (Phi) is 10.1. The standard InChI is InChI=1S/C29H38O9/c1-9-17(2)29(30)38-16-21-20(10-18-11-22(31-3)27(35-7)23(12-18)32-4)15-37-26(21)19-13-24(33-5)28(36-8)25(14-19)34-6/h9,11-14,20-21,26H,10,15-16H2,1-8H3/b17-9-/t20-,21-,26+/m0/s1. The maximum atomic E-state index is 12.5. The quantitative estimate of drug-likeness (QED) is 0.284. The number of allylic oxidation sites excluding steroid dienone is 1. The molecular formula is C29H38O9. The van der Waals surface area contributed by atoms with Crippen LogP contribution in [0.1, 0.15) is 31.1 Å². The molecule has 1 saturated heterocycles. The minimum absolute atomic E-state index is 0.0283. The summed E-state index contributed by atoms with van der Waals surface area (Å²) in [5.41, 5.74) is 2.38. The first-order chi connectivity index (χ1) is 18.3. The molecule has 0 aliphatic carbocycles. The van der Waals surface area contributed by atoms with Gasteiger partial charge in [0.2, 0.25) is 11.5 Å². The van der Waals surface area contributed by atoms with Crippen molar-refractivity contribution in [2.45, 2.75) is 26.4 Å². The van der Waals surface area contributed by atoms with Gasteiger partial charge in [-0.05, 0) is 61.6 Å². The van der Waals surface area contributed by atoms with Crippen molar-refractivity contribution in [3.8, 4) is 34.5 Å². The molecule has 0 aromatic heterocycles. The van der Waals surface area contributed by atoms with Crippen LogP contribution in [-0.2, 0) is 20.7 Å². The van der Waals surface area contributed by atoms with Gasteiger partial charge in [-0.25, -0.2) is 4.79 Å². The Labute approximate surface area is 224 Å². The maximum Gasteiger partial charge on any atom is 0.333 e. The van der Waals surface area contributed by atoms with Crippen LogP contribution in [0.2, 0.25) is 0 Å². The molecule has 3 rings (SSSR count). The number of ether oxygens (including phenoxy) is 8. The summed E-state index contributed by atoms with van der Waals surface area (Å²) in [7, 11) is 9.46. The summed E-state index contributed by atoms with van der Waals surface area (Å²) < 4.78 is 45.2. The van der Waals surface area contributed by atoms with E-state index in [1.54, 1.807) is 62.6 Å². The lowest BCUT2D eigenvalue weighted by Crippen LogP contribution is -2.25. The van der Waals surface area contributed by atoms with E-state index >= 15 is 0 Å². The van der Waals surface area contributed by atoms with Gasteiger partial charge in [-0.15, -0.1) is 0 Å². The van der Waals surface area contributed by atoms with Crippen molar-refractivity contribution in [2.75, 3.05) is 55.9 Å². The van der Waals surface area contributed by atoms with E-state index in [2.05, 4.69) is 0 Å². The Morgan fingerprint density at radius 2 is 1.34 bits per heavy atom. The maximum absolute atomic E-state index is 12.5. The van der Waals surface area contributed by atoms with Crippen molar-refractivity contribution >= 4 is 5.97 Å². The second-order valence-electron chi connectivity index (χ2n) is 8.94. The van der Waals surface area contributed by atoms with E-state index < -0.39 is 0 Å². The van der Waals surface area contributed by atoms with Crippen LogP contribution in [0.4, 0.5) is 0 Å². The Hall–Kier alpha value is -3.59. The summed E-state index contributed by atoms with van der Waals surface area (Å²) in [6.45, 7) is 4.18. The zero-order valence-electron chi connectivity index (χ0n) is 23.4. The highest BCUT2D eigenvalue weighted by molar-refractivity contribution is 5.87. The van der Waals surface area contributed by atoms with Crippen molar-refractivity contribution in [3.05, 3.63) is 47.0 Å². The molecule has 0 saturated carbocycles. The number of benzene rings is 2. The fourth-order valence-corrected chi connectivity index (χ4v) is 4.72. The van der Waals surface area contributed by atoms with Crippen molar-refractivity contribution in [1.82, 2.24) is 0 Å². The van der Waals surface area contributed by atoms with Crippen LogP contribution in [0, 0.1) is 11.8 Å². The van der Waals surface area contributed by atoms with E-state index in [0.717, 1.165) is 11.1 Å². The van der Waals surface area contributed by atoms with Gasteiger partial charge in [-0.2, -0.15) is 0 Å². The molecule has 2 aromatic carbocycles. The Balaban J connectivity index is 1.98. The molecule has 1 aliphatic rings. The molecule has 208 valence electrons. The summed E-state index contributed by atoms with van der Waals surface area (Å²) in [5, 5.41) is 0. The minimum atomic E-state index is -0.366. The number of esters is 1. The largest absolute Gasteiger partial charge is 0.493 e. The number of methoxy groups -OCH3 is 6. The molecule has 1 fully saturated rings. The average molecular weight is 531 g/mol. The summed E-state index contributed by atoms with van der Waals surface area (Å²) in [6, 6.07) is 7.61. The minimum Gasteiger partial charge on any atom is -0.493 e. The van der Waals surface area contributed by atoms with Crippen LogP contribution in [0.25, 0.3) is 0 Å². The van der Waals surface area contributed by atoms with Gasteiger partial charge in [-0.3, -0.25) is 0 Å². The number of carbonyl (C=O) groups excluding carboxylic acids is 1. The van der Waals surface area contributed by atoms with Gasteiger partial charge in [0, 0.05) is 11.5 Å². The number of rotatable bonds is 12. The third-order valence-corrected chi connectivity index (χ3v) is 6.88. The Bertz CT molecular complexity index is 1090. The number of hydrogen-bond acceptors (Lipinski definition) is 9. The monoisotopic (exact) mass is 530 g/mol. The highest BCUT2D eigenvalue weighted by Crippen LogP contribution is 2.47. The summed E-state index contributed by atoms with van der Waals surface area (Å²) in [4.78, 5) is 12.5. The Morgan fingerprint density at radius 3 is 1.79 bits per heavy atom. The third-order valence-electron chi connectivity index (χ3n) is 6.88. The van der Waals surface area contributed by atoms with E-state index in [9.17, 15) is 4.79 Å². The van der Waals surface area contributed by atoms with Crippen LogP contribution in [0.3, 0.4) is 0 Å². The zero-order valence-corrected chi connectivity index (χ0v) is 23.4.